The largest absolute Gasteiger partial charge is 0.368 e. The predicted octanol–water partition coefficient (Wildman–Crippen LogP) is 0.930. The number of nitrogens with zero attached hydrogens (tertiary/aromatic N) is 3. The van der Waals surface area contributed by atoms with Crippen LogP contribution in [0.2, 0.25) is 0 Å². The number of carbonyl (C=O) groups excluding carboxylic acids is 1. The van der Waals surface area contributed by atoms with Crippen molar-refractivity contribution in [3.8, 4) is 0 Å². The highest BCUT2D eigenvalue weighted by molar-refractivity contribution is 5.85. The number of nitrogens with one attached hydrogen (secondary N) is 1. The summed E-state index contributed by atoms with van der Waals surface area (Å²) in [5.74, 6) is -0.0468. The van der Waals surface area contributed by atoms with Crippen molar-refractivity contribution in [3.05, 3.63) is 10.4 Å². The van der Waals surface area contributed by atoms with E-state index < -0.39 is 5.54 Å². The normalized spacial score (nSPS) is 29.8. The van der Waals surface area contributed by atoms with Gasteiger partial charge in [-0.25, -0.2) is 0 Å². The number of amides is 1. The molecule has 0 aromatic carbocycles. The maximum absolute atomic E-state index is 11.5. The summed E-state index contributed by atoms with van der Waals surface area (Å²) in [4.78, 5) is 14.1. The number of nitrogens with two attached hydrogens (primary N) is 1. The monoisotopic (exact) mass is 211 g/mol. The molecule has 0 bridgehead atoms. The first kappa shape index (κ1) is 11.8. The maximum Gasteiger partial charge on any atom is 0.238 e. The third kappa shape index (κ3) is 2.40. The zero-order valence-corrected chi connectivity index (χ0v) is 8.94. The van der Waals surface area contributed by atoms with Crippen LogP contribution in [0.15, 0.2) is 5.11 Å². The number of carbonyl (C=O) groups is 1. The summed E-state index contributed by atoms with van der Waals surface area (Å²) in [6, 6.07) is 0. The minimum absolute atomic E-state index is 0.251. The van der Waals surface area contributed by atoms with Gasteiger partial charge in [0.05, 0.1) is 0 Å². The van der Waals surface area contributed by atoms with E-state index in [1.165, 1.54) is 0 Å². The van der Waals surface area contributed by atoms with Gasteiger partial charge in [0, 0.05) is 18.0 Å². The summed E-state index contributed by atoms with van der Waals surface area (Å²) in [6.07, 6.45) is 2.80. The molecule has 3 N–H and O–H groups in total. The number of rotatable bonds is 5. The molecule has 6 nitrogen and oxygen atoms in total. The predicted molar refractivity (Wildman–Crippen MR) is 57.0 cm³/mol. The molecule has 0 aromatic heterocycles. The standard InChI is InChI=1S/C9H17N5O/c1-7-3-2-4-9(7,8(10)15)12-5-6-13-14-11/h7,12H,2-6H2,1H3,(H2,10,15). The van der Waals surface area contributed by atoms with Crippen LogP contribution < -0.4 is 11.1 Å². The first-order valence-corrected chi connectivity index (χ1v) is 5.19. The lowest BCUT2D eigenvalue weighted by Crippen LogP contribution is -2.57. The number of hydrogen-bond donors (Lipinski definition) is 2. The number of hydrogen-bond acceptors (Lipinski definition) is 3. The van der Waals surface area contributed by atoms with E-state index >= 15 is 0 Å². The molecule has 15 heavy (non-hydrogen) atoms. The van der Waals surface area contributed by atoms with Gasteiger partial charge < -0.3 is 11.1 Å². The molecule has 0 spiro atoms. The van der Waals surface area contributed by atoms with Gasteiger partial charge in [0.25, 0.3) is 0 Å². The number of primary amides is 1. The molecule has 0 aliphatic heterocycles. The second-order valence-electron chi connectivity index (χ2n) is 4.01. The molecule has 1 amide bonds. The molecule has 1 fully saturated rings. The average Bonchev–Trinajstić information content (AvgIpc) is 2.56. The first-order valence-electron chi connectivity index (χ1n) is 5.19. The van der Waals surface area contributed by atoms with Gasteiger partial charge >= 0.3 is 0 Å². The van der Waals surface area contributed by atoms with Crippen molar-refractivity contribution in [3.63, 3.8) is 0 Å². The molecule has 0 radical (unpaired) electrons. The van der Waals surface area contributed by atoms with Gasteiger partial charge in [-0.2, -0.15) is 0 Å². The van der Waals surface area contributed by atoms with Crippen LogP contribution >= 0.6 is 0 Å². The minimum Gasteiger partial charge on any atom is -0.368 e. The minimum atomic E-state index is -0.592. The molecule has 84 valence electrons. The molecule has 0 aromatic rings. The Kier molecular flexibility index (Phi) is 3.94. The topological polar surface area (TPSA) is 104 Å². The van der Waals surface area contributed by atoms with Crippen molar-refractivity contribution < 1.29 is 4.79 Å². The smallest absolute Gasteiger partial charge is 0.238 e. The molecule has 6 heteroatoms. The molecule has 0 heterocycles. The van der Waals surface area contributed by atoms with E-state index in [0.29, 0.717) is 13.1 Å². The van der Waals surface area contributed by atoms with Crippen LogP contribution in [-0.4, -0.2) is 24.5 Å². The lowest BCUT2D eigenvalue weighted by molar-refractivity contribution is -0.125. The van der Waals surface area contributed by atoms with Crippen molar-refractivity contribution in [2.75, 3.05) is 13.1 Å². The molecule has 1 saturated carbocycles. The zero-order chi connectivity index (χ0) is 11.3. The SMILES string of the molecule is CC1CCCC1(NCCN=[N+]=[N-])C(N)=O. The second kappa shape index (κ2) is 5.00. The quantitative estimate of drug-likeness (QED) is 0.305. The summed E-state index contributed by atoms with van der Waals surface area (Å²) in [5.41, 5.74) is 13.0. The van der Waals surface area contributed by atoms with Gasteiger partial charge in [0.1, 0.15) is 5.54 Å². The average molecular weight is 211 g/mol. The van der Waals surface area contributed by atoms with Crippen molar-refractivity contribution in [2.45, 2.75) is 31.7 Å². The van der Waals surface area contributed by atoms with Crippen molar-refractivity contribution in [1.29, 1.82) is 0 Å². The third-order valence-electron chi connectivity index (χ3n) is 3.20. The second-order valence-corrected chi connectivity index (χ2v) is 4.01. The fourth-order valence-electron chi connectivity index (χ4n) is 2.27. The third-order valence-corrected chi connectivity index (χ3v) is 3.20. The summed E-state index contributed by atoms with van der Waals surface area (Å²) in [7, 11) is 0. The molecule has 1 aliphatic carbocycles. The van der Waals surface area contributed by atoms with Gasteiger partial charge in [0.15, 0.2) is 0 Å². The van der Waals surface area contributed by atoms with Crippen molar-refractivity contribution in [1.82, 2.24) is 5.32 Å². The van der Waals surface area contributed by atoms with Crippen LogP contribution in [0, 0.1) is 5.92 Å². The molecule has 0 saturated heterocycles. The molecule has 1 aliphatic rings. The van der Waals surface area contributed by atoms with Gasteiger partial charge in [-0.15, -0.1) is 0 Å². The summed E-state index contributed by atoms with van der Waals surface area (Å²) < 4.78 is 0. The van der Waals surface area contributed by atoms with Crippen molar-refractivity contribution in [2.24, 2.45) is 16.8 Å². The van der Waals surface area contributed by atoms with E-state index in [4.69, 9.17) is 11.3 Å². The van der Waals surface area contributed by atoms with Gasteiger partial charge in [-0.05, 0) is 24.3 Å². The fourth-order valence-corrected chi connectivity index (χ4v) is 2.27. The Bertz CT molecular complexity index is 286. The maximum atomic E-state index is 11.5. The Morgan fingerprint density at radius 1 is 1.80 bits per heavy atom. The van der Waals surface area contributed by atoms with E-state index in [0.717, 1.165) is 19.3 Å². The Balaban J connectivity index is 2.58. The van der Waals surface area contributed by atoms with Crippen LogP contribution in [0.25, 0.3) is 10.4 Å². The molecular formula is C9H17N5O. The molecule has 2 atom stereocenters. The van der Waals surface area contributed by atoms with Crippen LogP contribution in [0.5, 0.6) is 0 Å². The lowest BCUT2D eigenvalue weighted by atomic mass is 9.87. The van der Waals surface area contributed by atoms with Crippen LogP contribution in [0.4, 0.5) is 0 Å². The molecular weight excluding hydrogens is 194 g/mol. The summed E-state index contributed by atoms with van der Waals surface area (Å²) >= 11 is 0. The molecule has 1 rings (SSSR count). The van der Waals surface area contributed by atoms with Crippen LogP contribution in [0.3, 0.4) is 0 Å². The zero-order valence-electron chi connectivity index (χ0n) is 8.94. The van der Waals surface area contributed by atoms with Crippen LogP contribution in [0.1, 0.15) is 26.2 Å². The highest BCUT2D eigenvalue weighted by Crippen LogP contribution is 2.35. The van der Waals surface area contributed by atoms with Crippen molar-refractivity contribution >= 4 is 5.91 Å². The van der Waals surface area contributed by atoms with E-state index in [9.17, 15) is 4.79 Å². The van der Waals surface area contributed by atoms with E-state index in [-0.39, 0.29) is 11.8 Å². The Morgan fingerprint density at radius 2 is 2.53 bits per heavy atom. The summed E-state index contributed by atoms with van der Waals surface area (Å²) in [6.45, 7) is 2.87. The van der Waals surface area contributed by atoms with Crippen LogP contribution in [-0.2, 0) is 4.79 Å². The Morgan fingerprint density at radius 3 is 3.00 bits per heavy atom. The van der Waals surface area contributed by atoms with E-state index in [2.05, 4.69) is 15.3 Å². The fraction of sp³-hybridized carbons (Fsp3) is 0.889. The summed E-state index contributed by atoms with van der Waals surface area (Å²) in [5, 5.41) is 6.55. The first-order chi connectivity index (χ1) is 7.13. The van der Waals surface area contributed by atoms with Gasteiger partial charge in [-0.1, -0.05) is 18.5 Å². The highest BCUT2D eigenvalue weighted by atomic mass is 16.1. The van der Waals surface area contributed by atoms with Gasteiger partial charge in [0.2, 0.25) is 5.91 Å². The van der Waals surface area contributed by atoms with E-state index in [1.54, 1.807) is 0 Å². The van der Waals surface area contributed by atoms with E-state index in [1.807, 2.05) is 6.92 Å². The Hall–Kier alpha value is -1.26. The lowest BCUT2D eigenvalue weighted by Gasteiger charge is -2.31. The molecule has 2 unspecified atom stereocenters. The number of azide groups is 1. The highest BCUT2D eigenvalue weighted by Gasteiger charge is 2.44. The van der Waals surface area contributed by atoms with Gasteiger partial charge in [-0.3, -0.25) is 4.79 Å². The Labute approximate surface area is 88.8 Å².